The topological polar surface area (TPSA) is 138 Å². The number of benzene rings is 1. The second-order valence-electron chi connectivity index (χ2n) is 12.6. The van der Waals surface area contributed by atoms with Gasteiger partial charge < -0.3 is 35.1 Å². The van der Waals surface area contributed by atoms with E-state index in [1.54, 1.807) is 16.8 Å². The molecule has 2 aliphatic carbocycles. The highest BCUT2D eigenvalue weighted by Gasteiger charge is 2.45. The predicted octanol–water partition coefficient (Wildman–Crippen LogP) is 3.29. The van der Waals surface area contributed by atoms with Crippen molar-refractivity contribution in [2.45, 2.75) is 87.9 Å². The first kappa shape index (κ1) is 25.9. The molecule has 2 saturated carbocycles. The van der Waals surface area contributed by atoms with Gasteiger partial charge in [-0.1, -0.05) is 19.4 Å². The molecule has 4 atom stereocenters. The van der Waals surface area contributed by atoms with Crippen molar-refractivity contribution in [3.8, 4) is 0 Å². The van der Waals surface area contributed by atoms with Crippen LogP contribution in [0.25, 0.3) is 22.1 Å². The van der Waals surface area contributed by atoms with Gasteiger partial charge in [0.2, 0.25) is 0 Å². The number of fused-ring (bicyclic) bond motifs is 2. The molecule has 10 heteroatoms. The summed E-state index contributed by atoms with van der Waals surface area (Å²) in [6.07, 6.45) is 8.08. The third-order valence-electron chi connectivity index (χ3n) is 9.93. The number of rotatable bonds is 8. The Morgan fingerprint density at radius 1 is 1.18 bits per heavy atom. The summed E-state index contributed by atoms with van der Waals surface area (Å²) in [5.41, 5.74) is 10.5. The first-order valence-electron chi connectivity index (χ1n) is 14.6. The van der Waals surface area contributed by atoms with E-state index in [1.807, 2.05) is 0 Å². The van der Waals surface area contributed by atoms with E-state index in [2.05, 4.69) is 52.0 Å². The summed E-state index contributed by atoms with van der Waals surface area (Å²) < 4.78 is 7.91. The first-order chi connectivity index (χ1) is 19.3. The molecule has 1 aromatic carbocycles. The van der Waals surface area contributed by atoms with E-state index < -0.39 is 24.5 Å². The van der Waals surface area contributed by atoms with Crippen molar-refractivity contribution in [3.63, 3.8) is 0 Å². The van der Waals surface area contributed by atoms with Gasteiger partial charge in [0.1, 0.15) is 41.9 Å². The Bertz CT molecular complexity index is 1520. The zero-order valence-corrected chi connectivity index (χ0v) is 23.2. The minimum Gasteiger partial charge on any atom is -0.387 e. The molecule has 3 fully saturated rings. The summed E-state index contributed by atoms with van der Waals surface area (Å²) in [4.78, 5) is 19.0. The van der Waals surface area contributed by atoms with Crippen molar-refractivity contribution < 1.29 is 14.9 Å². The van der Waals surface area contributed by atoms with Gasteiger partial charge >= 0.3 is 0 Å². The molecule has 4 aromatic rings. The van der Waals surface area contributed by atoms with Crippen LogP contribution in [-0.2, 0) is 16.6 Å². The molecule has 0 unspecified atom stereocenters. The molecule has 1 saturated heterocycles. The molecule has 3 aliphatic rings. The lowest BCUT2D eigenvalue weighted by atomic mass is 9.66. The van der Waals surface area contributed by atoms with Crippen LogP contribution in [0, 0.1) is 5.92 Å². The van der Waals surface area contributed by atoms with Crippen LogP contribution in [0.1, 0.15) is 63.1 Å². The molecular formula is C30H39N7O3. The highest BCUT2D eigenvalue weighted by Crippen LogP contribution is 2.44. The number of nitrogens with two attached hydrogens (primary N) is 1. The van der Waals surface area contributed by atoms with E-state index in [1.165, 1.54) is 31.2 Å². The van der Waals surface area contributed by atoms with Crippen LogP contribution < -0.4 is 5.73 Å². The molecule has 0 radical (unpaired) electrons. The zero-order valence-electron chi connectivity index (χ0n) is 23.2. The van der Waals surface area contributed by atoms with Gasteiger partial charge in [-0.05, 0) is 74.2 Å². The van der Waals surface area contributed by atoms with E-state index in [9.17, 15) is 10.2 Å². The van der Waals surface area contributed by atoms with Crippen molar-refractivity contribution in [1.29, 1.82) is 0 Å². The van der Waals surface area contributed by atoms with Crippen molar-refractivity contribution >= 4 is 27.9 Å². The smallest absolute Gasteiger partial charge is 0.164 e. The molecule has 10 nitrogen and oxygen atoms in total. The number of aliphatic hydroxyl groups is 2. The number of imidazole rings is 1. The maximum atomic E-state index is 10.8. The molecule has 40 heavy (non-hydrogen) atoms. The number of anilines is 1. The van der Waals surface area contributed by atoms with Crippen LogP contribution in [0.4, 0.5) is 5.82 Å². The second kappa shape index (κ2) is 9.80. The van der Waals surface area contributed by atoms with Crippen LogP contribution in [0.3, 0.4) is 0 Å². The number of aliphatic hydroxyl groups excluding tert-OH is 2. The SMILES string of the molecule is CN(C[C@H]1O[C@@H](n2ccc3c(N)ncnc32)[C@H](O)[C@@H]1O)C1CC(CCc2nc3ccc(C4(C)CCC4)cc3[nH]2)C1. The lowest BCUT2D eigenvalue weighted by Gasteiger charge is -2.42. The number of nitrogen functional groups attached to an aromatic ring is 1. The Kier molecular flexibility index (Phi) is 6.34. The number of ether oxygens (including phenoxy) is 1. The highest BCUT2D eigenvalue weighted by atomic mass is 16.6. The fraction of sp³-hybridized carbons (Fsp3) is 0.567. The monoisotopic (exact) mass is 545 g/mol. The molecule has 1 aliphatic heterocycles. The lowest BCUT2D eigenvalue weighted by Crippen LogP contribution is -2.47. The summed E-state index contributed by atoms with van der Waals surface area (Å²) in [5.74, 6) is 2.12. The first-order valence-corrected chi connectivity index (χ1v) is 14.6. The van der Waals surface area contributed by atoms with Crippen LogP contribution in [-0.4, -0.2) is 77.6 Å². The Labute approximate surface area is 233 Å². The maximum Gasteiger partial charge on any atom is 0.164 e. The summed E-state index contributed by atoms with van der Waals surface area (Å²) in [7, 11) is 2.08. The number of aromatic nitrogens is 5. The number of likely N-dealkylation sites (N-methyl/N-ethyl adjacent to an activating group) is 1. The third kappa shape index (κ3) is 4.38. The minimum absolute atomic E-state index is 0.338. The van der Waals surface area contributed by atoms with E-state index in [4.69, 9.17) is 15.5 Å². The lowest BCUT2D eigenvalue weighted by molar-refractivity contribution is -0.0512. The van der Waals surface area contributed by atoms with E-state index in [0.717, 1.165) is 42.5 Å². The van der Waals surface area contributed by atoms with Crippen molar-refractivity contribution in [1.82, 2.24) is 29.4 Å². The van der Waals surface area contributed by atoms with E-state index in [-0.39, 0.29) is 0 Å². The van der Waals surface area contributed by atoms with Gasteiger partial charge in [-0.25, -0.2) is 15.0 Å². The standard InChI is InChI=1S/C30H39N7O3/c1-30(9-3-10-30)18-5-6-21-22(14-18)35-24(34-21)7-4-17-12-19(13-17)36(2)15-23-25(38)26(39)29(40-23)37-11-8-20-27(31)32-16-33-28(20)37/h5-6,8,11,14,16-17,19,23,25-26,29,38-39H,3-4,7,9-10,12-13,15H2,1-2H3,(H,34,35)(H2,31,32,33)/t17?,19?,23-,25-,26-,29-/m1/s1. The van der Waals surface area contributed by atoms with Gasteiger partial charge in [0.05, 0.1) is 16.4 Å². The predicted molar refractivity (Wildman–Crippen MR) is 153 cm³/mol. The summed E-state index contributed by atoms with van der Waals surface area (Å²) in [6.45, 7) is 2.92. The van der Waals surface area contributed by atoms with Crippen LogP contribution in [0.15, 0.2) is 36.8 Å². The van der Waals surface area contributed by atoms with Gasteiger partial charge in [-0.15, -0.1) is 0 Å². The van der Waals surface area contributed by atoms with Crippen LogP contribution in [0.2, 0.25) is 0 Å². The molecular weight excluding hydrogens is 506 g/mol. The van der Waals surface area contributed by atoms with Gasteiger partial charge in [-0.3, -0.25) is 0 Å². The summed E-state index contributed by atoms with van der Waals surface area (Å²) in [5, 5.41) is 22.3. The van der Waals surface area contributed by atoms with Crippen LogP contribution in [0.5, 0.6) is 0 Å². The Hall–Kier alpha value is -3.05. The van der Waals surface area contributed by atoms with Gasteiger partial charge in [0, 0.05) is 25.2 Å². The molecule has 7 rings (SSSR count). The number of aromatic amines is 1. The third-order valence-corrected chi connectivity index (χ3v) is 9.93. The number of aryl methyl sites for hydroxylation is 1. The molecule has 0 spiro atoms. The van der Waals surface area contributed by atoms with Gasteiger partial charge in [0.15, 0.2) is 6.23 Å². The van der Waals surface area contributed by atoms with Crippen molar-refractivity contribution in [2.75, 3.05) is 19.3 Å². The number of hydrogen-bond donors (Lipinski definition) is 4. The Balaban J connectivity index is 0.917. The Morgan fingerprint density at radius 2 is 2.00 bits per heavy atom. The van der Waals surface area contributed by atoms with E-state index in [0.29, 0.717) is 40.8 Å². The number of H-pyrrole nitrogens is 1. The fourth-order valence-electron chi connectivity index (χ4n) is 6.93. The Morgan fingerprint density at radius 3 is 2.77 bits per heavy atom. The van der Waals surface area contributed by atoms with E-state index >= 15 is 0 Å². The molecule has 0 amide bonds. The average molecular weight is 546 g/mol. The molecule has 3 aromatic heterocycles. The van der Waals surface area contributed by atoms with Gasteiger partial charge in [-0.2, -0.15) is 0 Å². The number of nitrogens with zero attached hydrogens (tertiary/aromatic N) is 5. The molecule has 0 bridgehead atoms. The molecule has 212 valence electrons. The van der Waals surface area contributed by atoms with Crippen molar-refractivity contribution in [2.24, 2.45) is 5.92 Å². The molecule has 4 heterocycles. The summed E-state index contributed by atoms with van der Waals surface area (Å²) in [6, 6.07) is 8.99. The molecule has 5 N–H and O–H groups in total. The van der Waals surface area contributed by atoms with Crippen LogP contribution >= 0.6 is 0 Å². The van der Waals surface area contributed by atoms with Gasteiger partial charge in [0.25, 0.3) is 0 Å². The maximum absolute atomic E-state index is 10.8. The fourth-order valence-corrected chi connectivity index (χ4v) is 6.93. The average Bonchev–Trinajstić information content (AvgIpc) is 3.58. The minimum atomic E-state index is -1.06. The largest absolute Gasteiger partial charge is 0.387 e. The quantitative estimate of drug-likeness (QED) is 0.265. The highest BCUT2D eigenvalue weighted by molar-refractivity contribution is 5.86. The normalized spacial score (nSPS) is 29.7. The number of nitrogens with one attached hydrogen (secondary N) is 1. The number of hydrogen-bond acceptors (Lipinski definition) is 8. The van der Waals surface area contributed by atoms with Crippen molar-refractivity contribution in [3.05, 3.63) is 48.2 Å². The summed E-state index contributed by atoms with van der Waals surface area (Å²) >= 11 is 0. The zero-order chi connectivity index (χ0) is 27.6. The second-order valence-corrected chi connectivity index (χ2v) is 12.6.